The molecule has 1 unspecified atom stereocenters. The number of carboxylic acid groups (broad SMARTS) is 1. The monoisotopic (exact) mass is 326 g/mol. The molecule has 2 heterocycles. The zero-order valence-electron chi connectivity index (χ0n) is 12.6. The zero-order valence-corrected chi connectivity index (χ0v) is 13.4. The molecule has 8 heteroatoms. The Bertz CT molecular complexity index is 605. The third-order valence-electron chi connectivity index (χ3n) is 2.97. The third kappa shape index (κ3) is 3.62. The van der Waals surface area contributed by atoms with Gasteiger partial charge in [-0.15, -0.1) is 11.8 Å². The Hall–Kier alpha value is -1.96. The van der Waals surface area contributed by atoms with Crippen molar-refractivity contribution in [2.75, 3.05) is 11.6 Å². The van der Waals surface area contributed by atoms with Crippen molar-refractivity contribution in [1.29, 1.82) is 0 Å². The maximum atomic E-state index is 12.4. The minimum Gasteiger partial charge on any atom is -0.475 e. The molecule has 1 saturated heterocycles. The van der Waals surface area contributed by atoms with Gasteiger partial charge in [0, 0.05) is 11.3 Å². The van der Waals surface area contributed by atoms with Crippen LogP contribution >= 0.6 is 11.8 Å². The number of carboxylic acids is 1. The fraction of sp³-hybridized carbons (Fsp3) is 0.500. The van der Waals surface area contributed by atoms with Crippen molar-refractivity contribution in [2.24, 2.45) is 0 Å². The van der Waals surface area contributed by atoms with Gasteiger partial charge in [-0.25, -0.2) is 4.79 Å². The predicted molar refractivity (Wildman–Crippen MR) is 80.8 cm³/mol. The van der Waals surface area contributed by atoms with Gasteiger partial charge in [0.05, 0.1) is 5.88 Å². The fourth-order valence-corrected chi connectivity index (χ4v) is 3.18. The van der Waals surface area contributed by atoms with Gasteiger partial charge in [-0.1, -0.05) is 0 Å². The summed E-state index contributed by atoms with van der Waals surface area (Å²) in [5.41, 5.74) is -0.389. The van der Waals surface area contributed by atoms with E-state index in [1.165, 1.54) is 28.8 Å². The van der Waals surface area contributed by atoms with Crippen LogP contribution < -0.4 is 5.32 Å². The van der Waals surface area contributed by atoms with Gasteiger partial charge < -0.3 is 19.7 Å². The minimum atomic E-state index is -1.24. The molecule has 1 aliphatic rings. The lowest BCUT2D eigenvalue weighted by Crippen LogP contribution is -2.52. The zero-order chi connectivity index (χ0) is 16.5. The normalized spacial score (nSPS) is 18.3. The van der Waals surface area contributed by atoms with E-state index in [1.807, 2.05) is 20.8 Å². The van der Waals surface area contributed by atoms with Crippen LogP contribution in [0.2, 0.25) is 0 Å². The summed E-state index contributed by atoms with van der Waals surface area (Å²) < 4.78 is 5.02. The van der Waals surface area contributed by atoms with E-state index >= 15 is 0 Å². The number of amides is 2. The molecule has 1 aliphatic heterocycles. The summed E-state index contributed by atoms with van der Waals surface area (Å²) in [6, 6.07) is 1.95. The first-order chi connectivity index (χ1) is 10.2. The maximum absolute atomic E-state index is 12.4. The van der Waals surface area contributed by atoms with E-state index in [0.29, 0.717) is 11.6 Å². The van der Waals surface area contributed by atoms with Gasteiger partial charge in [-0.05, 0) is 32.9 Å². The van der Waals surface area contributed by atoms with E-state index < -0.39 is 17.9 Å². The molecule has 2 N–H and O–H groups in total. The van der Waals surface area contributed by atoms with Crippen LogP contribution in [0, 0.1) is 0 Å². The maximum Gasteiger partial charge on any atom is 0.371 e. The fourth-order valence-electron chi connectivity index (χ4n) is 2.02. The predicted octanol–water partition coefficient (Wildman–Crippen LogP) is 1.41. The first-order valence-corrected chi connectivity index (χ1v) is 7.88. The Morgan fingerprint density at radius 2 is 1.95 bits per heavy atom. The number of carbonyl (C=O) groups excluding carboxylic acids is 2. The van der Waals surface area contributed by atoms with E-state index in [9.17, 15) is 14.4 Å². The van der Waals surface area contributed by atoms with Gasteiger partial charge in [0.2, 0.25) is 11.7 Å². The van der Waals surface area contributed by atoms with Crippen molar-refractivity contribution in [3.05, 3.63) is 23.7 Å². The van der Waals surface area contributed by atoms with E-state index in [-0.39, 0.29) is 23.0 Å². The van der Waals surface area contributed by atoms with Crippen molar-refractivity contribution in [3.63, 3.8) is 0 Å². The highest BCUT2D eigenvalue weighted by atomic mass is 32.2. The Morgan fingerprint density at radius 1 is 1.32 bits per heavy atom. The van der Waals surface area contributed by atoms with E-state index in [0.717, 1.165) is 0 Å². The summed E-state index contributed by atoms with van der Waals surface area (Å²) in [6.07, 6.45) is 0. The summed E-state index contributed by atoms with van der Waals surface area (Å²) in [5, 5.41) is 11.7. The standard InChI is InChI=1S/C14H18N2O5S/c1-14(2,3)15-11(17)8-6-22-7-16(8)12(18)9-4-5-10(21-9)13(19)20/h4-5,8H,6-7H2,1-3H3,(H,15,17)(H,19,20). The number of thioether (sulfide) groups is 1. The molecule has 0 radical (unpaired) electrons. The first-order valence-electron chi connectivity index (χ1n) is 6.73. The van der Waals surface area contributed by atoms with Crippen LogP contribution in [0.4, 0.5) is 0 Å². The molecule has 2 amide bonds. The molecular weight excluding hydrogens is 308 g/mol. The smallest absolute Gasteiger partial charge is 0.371 e. The highest BCUT2D eigenvalue weighted by molar-refractivity contribution is 7.99. The van der Waals surface area contributed by atoms with Crippen LogP contribution in [0.1, 0.15) is 41.9 Å². The summed E-state index contributed by atoms with van der Waals surface area (Å²) in [7, 11) is 0. The molecule has 1 atom stereocenters. The number of nitrogens with one attached hydrogen (secondary N) is 1. The molecule has 1 fully saturated rings. The Kier molecular flexibility index (Phi) is 4.50. The Balaban J connectivity index is 2.14. The van der Waals surface area contributed by atoms with E-state index in [4.69, 9.17) is 9.52 Å². The SMILES string of the molecule is CC(C)(C)NC(=O)C1CSCN1C(=O)c1ccc(C(=O)O)o1. The topological polar surface area (TPSA) is 99.9 Å². The van der Waals surface area contributed by atoms with Crippen LogP contribution in [0.5, 0.6) is 0 Å². The number of hydrogen-bond acceptors (Lipinski definition) is 5. The van der Waals surface area contributed by atoms with Gasteiger partial charge >= 0.3 is 5.97 Å². The van der Waals surface area contributed by atoms with Crippen LogP contribution in [0.15, 0.2) is 16.5 Å². The second-order valence-corrected chi connectivity index (χ2v) is 7.00. The van der Waals surface area contributed by atoms with Crippen molar-refractivity contribution >= 4 is 29.5 Å². The van der Waals surface area contributed by atoms with Crippen molar-refractivity contribution in [3.8, 4) is 0 Å². The number of hydrogen-bond donors (Lipinski definition) is 2. The summed E-state index contributed by atoms with van der Waals surface area (Å²) in [6.45, 7) is 5.60. The Labute approximate surface area is 132 Å². The average molecular weight is 326 g/mol. The van der Waals surface area contributed by atoms with E-state index in [1.54, 1.807) is 0 Å². The van der Waals surface area contributed by atoms with Crippen LogP contribution in [-0.2, 0) is 4.79 Å². The van der Waals surface area contributed by atoms with Gasteiger partial charge in [-0.2, -0.15) is 0 Å². The number of rotatable bonds is 3. The number of aromatic carboxylic acids is 1. The van der Waals surface area contributed by atoms with Gasteiger partial charge in [-0.3, -0.25) is 9.59 Å². The molecule has 120 valence electrons. The molecule has 0 bridgehead atoms. The summed E-state index contributed by atoms with van der Waals surface area (Å²) in [5.74, 6) is -1.46. The number of carbonyl (C=O) groups is 3. The van der Waals surface area contributed by atoms with Crippen molar-refractivity contribution < 1.29 is 23.9 Å². The first kappa shape index (κ1) is 16.4. The van der Waals surface area contributed by atoms with E-state index in [2.05, 4.69) is 5.32 Å². The molecule has 1 aromatic heterocycles. The molecule has 0 saturated carbocycles. The van der Waals surface area contributed by atoms with Crippen LogP contribution in [-0.4, -0.2) is 51.0 Å². The quantitative estimate of drug-likeness (QED) is 0.871. The minimum absolute atomic E-state index is 0.0755. The molecule has 0 spiro atoms. The molecule has 1 aromatic rings. The Morgan fingerprint density at radius 3 is 2.50 bits per heavy atom. The highest BCUT2D eigenvalue weighted by Crippen LogP contribution is 2.24. The van der Waals surface area contributed by atoms with Crippen molar-refractivity contribution in [2.45, 2.75) is 32.4 Å². The number of furan rings is 1. The molecule has 0 aliphatic carbocycles. The van der Waals surface area contributed by atoms with Gasteiger partial charge in [0.1, 0.15) is 6.04 Å². The molecule has 0 aromatic carbocycles. The third-order valence-corrected chi connectivity index (χ3v) is 3.98. The average Bonchev–Trinajstić information content (AvgIpc) is 3.05. The lowest BCUT2D eigenvalue weighted by molar-refractivity contribution is -0.125. The molecule has 2 rings (SSSR count). The lowest BCUT2D eigenvalue weighted by atomic mass is 10.1. The highest BCUT2D eigenvalue weighted by Gasteiger charge is 2.37. The molecule has 22 heavy (non-hydrogen) atoms. The second-order valence-electron chi connectivity index (χ2n) is 6.00. The largest absolute Gasteiger partial charge is 0.475 e. The summed E-state index contributed by atoms with van der Waals surface area (Å²) >= 11 is 1.47. The molecular formula is C14H18N2O5S. The van der Waals surface area contributed by atoms with Gasteiger partial charge in [0.15, 0.2) is 5.76 Å². The number of nitrogens with zero attached hydrogens (tertiary/aromatic N) is 1. The second kappa shape index (κ2) is 6.04. The lowest BCUT2D eigenvalue weighted by Gasteiger charge is -2.27. The summed E-state index contributed by atoms with van der Waals surface area (Å²) in [4.78, 5) is 36.9. The molecule has 7 nitrogen and oxygen atoms in total. The van der Waals surface area contributed by atoms with Crippen molar-refractivity contribution in [1.82, 2.24) is 10.2 Å². The van der Waals surface area contributed by atoms with Gasteiger partial charge in [0.25, 0.3) is 5.91 Å². The van der Waals surface area contributed by atoms with Crippen LogP contribution in [0.25, 0.3) is 0 Å². The van der Waals surface area contributed by atoms with Crippen LogP contribution in [0.3, 0.4) is 0 Å².